The zero-order valence-electron chi connectivity index (χ0n) is 20.8. The number of hydrogen-bond donors (Lipinski definition) is 1. The van der Waals surface area contributed by atoms with Crippen LogP contribution in [0.4, 0.5) is 0 Å². The molecule has 0 unspecified atom stereocenters. The van der Waals surface area contributed by atoms with E-state index in [1.165, 1.54) is 18.7 Å². The van der Waals surface area contributed by atoms with Crippen LogP contribution in [0.15, 0.2) is 41.3 Å². The van der Waals surface area contributed by atoms with Gasteiger partial charge in [0.2, 0.25) is 10.0 Å². The predicted octanol–water partition coefficient (Wildman–Crippen LogP) is 5.34. The largest absolute Gasteiger partial charge is 0.465 e. The number of nitrogens with one attached hydrogen (secondary N) is 1. The summed E-state index contributed by atoms with van der Waals surface area (Å²) >= 11 is 1.61. The Hall–Kier alpha value is -2.55. The van der Waals surface area contributed by atoms with Gasteiger partial charge in [-0.1, -0.05) is 45.0 Å². The van der Waals surface area contributed by atoms with Crippen molar-refractivity contribution in [2.24, 2.45) is 0 Å². The lowest BCUT2D eigenvalue weighted by Crippen LogP contribution is -2.26. The molecule has 3 aromatic rings. The zero-order chi connectivity index (χ0) is 25.3. The first-order valence-corrected chi connectivity index (χ1v) is 13.4. The highest BCUT2D eigenvalue weighted by molar-refractivity contribution is 7.89. The van der Waals surface area contributed by atoms with Gasteiger partial charge >= 0.3 is 5.97 Å². The molecule has 0 aliphatic carbocycles. The number of aryl methyl sites for hydroxylation is 2. The Kier molecular flexibility index (Phi) is 7.65. The number of benzene rings is 2. The second-order valence-electron chi connectivity index (χ2n) is 9.40. The number of rotatable bonds is 7. The molecule has 1 heterocycles. The highest BCUT2D eigenvalue weighted by atomic mass is 32.2. The van der Waals surface area contributed by atoms with Crippen molar-refractivity contribution in [2.75, 3.05) is 13.7 Å². The van der Waals surface area contributed by atoms with Crippen molar-refractivity contribution < 1.29 is 17.9 Å². The summed E-state index contributed by atoms with van der Waals surface area (Å²) in [5.41, 5.74) is 4.94. The number of nitrogens with zero attached hydrogens (tertiary/aromatic N) is 1. The molecular formula is C26H32N2O4S2. The van der Waals surface area contributed by atoms with E-state index < -0.39 is 16.0 Å². The number of hydrogen-bond acceptors (Lipinski definition) is 6. The average molecular weight is 501 g/mol. The van der Waals surface area contributed by atoms with Crippen LogP contribution in [-0.2, 0) is 26.6 Å². The molecule has 0 radical (unpaired) electrons. The molecule has 0 aliphatic rings. The van der Waals surface area contributed by atoms with Gasteiger partial charge in [-0.15, -0.1) is 11.3 Å². The number of aromatic nitrogens is 1. The fourth-order valence-corrected chi connectivity index (χ4v) is 5.69. The van der Waals surface area contributed by atoms with Gasteiger partial charge in [0.15, 0.2) is 0 Å². The summed E-state index contributed by atoms with van der Waals surface area (Å²) in [6.07, 6.45) is 0.469. The highest BCUT2D eigenvalue weighted by Crippen LogP contribution is 2.30. The maximum Gasteiger partial charge on any atom is 0.338 e. The SMILES string of the molecule is COC(=O)c1cc(S(=O)(=O)NCCc2nc(-c3ccc(C(C)(C)C)cc3)sc2C)cc(C)c1C. The lowest BCUT2D eigenvalue weighted by atomic mass is 9.87. The Morgan fingerprint density at radius 1 is 1.09 bits per heavy atom. The molecule has 0 atom stereocenters. The molecule has 0 saturated carbocycles. The first-order valence-electron chi connectivity index (χ1n) is 11.1. The molecular weight excluding hydrogens is 468 g/mol. The van der Waals surface area contributed by atoms with Crippen LogP contribution < -0.4 is 4.72 Å². The first kappa shape index (κ1) is 26.1. The van der Waals surface area contributed by atoms with Crippen LogP contribution in [0.3, 0.4) is 0 Å². The van der Waals surface area contributed by atoms with Gasteiger partial charge < -0.3 is 4.74 Å². The van der Waals surface area contributed by atoms with Crippen LogP contribution in [0.25, 0.3) is 10.6 Å². The molecule has 2 aromatic carbocycles. The van der Waals surface area contributed by atoms with Crippen molar-refractivity contribution in [2.45, 2.75) is 58.3 Å². The number of sulfonamides is 1. The summed E-state index contributed by atoms with van der Waals surface area (Å²) in [5, 5.41) is 0.924. The molecule has 0 aliphatic heterocycles. The number of carbonyl (C=O) groups is 1. The van der Waals surface area contributed by atoms with E-state index in [4.69, 9.17) is 9.72 Å². The smallest absolute Gasteiger partial charge is 0.338 e. The Bertz CT molecular complexity index is 1300. The number of methoxy groups -OCH3 is 1. The van der Waals surface area contributed by atoms with Crippen LogP contribution in [0.1, 0.15) is 58.4 Å². The normalized spacial score (nSPS) is 12.1. The molecule has 3 rings (SSSR count). The average Bonchev–Trinajstić information content (AvgIpc) is 3.14. The fraction of sp³-hybridized carbons (Fsp3) is 0.385. The van der Waals surface area contributed by atoms with E-state index in [1.54, 1.807) is 31.3 Å². The number of esters is 1. The maximum absolute atomic E-state index is 12.9. The molecule has 0 amide bonds. The van der Waals surface area contributed by atoms with Gasteiger partial charge in [0.25, 0.3) is 0 Å². The van der Waals surface area contributed by atoms with Gasteiger partial charge in [-0.2, -0.15) is 0 Å². The van der Waals surface area contributed by atoms with Gasteiger partial charge in [-0.3, -0.25) is 0 Å². The number of ether oxygens (including phenoxy) is 1. The predicted molar refractivity (Wildman–Crippen MR) is 137 cm³/mol. The number of carbonyl (C=O) groups excluding carboxylic acids is 1. The Balaban J connectivity index is 1.73. The van der Waals surface area contributed by atoms with Crippen molar-refractivity contribution in [3.05, 3.63) is 69.2 Å². The molecule has 8 heteroatoms. The fourth-order valence-electron chi connectivity index (χ4n) is 3.59. The van der Waals surface area contributed by atoms with E-state index in [-0.39, 0.29) is 22.4 Å². The first-order chi connectivity index (χ1) is 15.8. The van der Waals surface area contributed by atoms with E-state index in [1.807, 2.05) is 6.92 Å². The van der Waals surface area contributed by atoms with Gasteiger partial charge in [0, 0.05) is 23.4 Å². The third-order valence-corrected chi connectivity index (χ3v) is 8.40. The Morgan fingerprint density at radius 2 is 1.74 bits per heavy atom. The summed E-state index contributed by atoms with van der Waals surface area (Å²) in [6.45, 7) is 12.3. The lowest BCUT2D eigenvalue weighted by Gasteiger charge is -2.18. The van der Waals surface area contributed by atoms with E-state index in [0.29, 0.717) is 17.5 Å². The molecule has 1 N–H and O–H groups in total. The van der Waals surface area contributed by atoms with Gasteiger partial charge in [0.1, 0.15) is 5.01 Å². The van der Waals surface area contributed by atoms with Crippen LogP contribution >= 0.6 is 11.3 Å². The number of thiazole rings is 1. The van der Waals surface area contributed by atoms with Gasteiger partial charge in [-0.25, -0.2) is 22.9 Å². The van der Waals surface area contributed by atoms with Crippen LogP contribution in [0.2, 0.25) is 0 Å². The second kappa shape index (κ2) is 9.98. The van der Waals surface area contributed by atoms with Crippen molar-refractivity contribution in [1.29, 1.82) is 0 Å². The van der Waals surface area contributed by atoms with Crippen molar-refractivity contribution in [3.8, 4) is 10.6 Å². The third kappa shape index (κ3) is 5.74. The topological polar surface area (TPSA) is 85.4 Å². The summed E-state index contributed by atoms with van der Waals surface area (Å²) in [4.78, 5) is 17.9. The van der Waals surface area contributed by atoms with E-state index in [0.717, 1.165) is 21.1 Å². The summed E-state index contributed by atoms with van der Waals surface area (Å²) in [6, 6.07) is 11.4. The molecule has 0 spiro atoms. The molecule has 34 heavy (non-hydrogen) atoms. The molecule has 182 valence electrons. The lowest BCUT2D eigenvalue weighted by molar-refractivity contribution is 0.0599. The minimum absolute atomic E-state index is 0.0469. The van der Waals surface area contributed by atoms with E-state index >= 15 is 0 Å². The molecule has 0 saturated heterocycles. The second-order valence-corrected chi connectivity index (χ2v) is 12.4. The monoisotopic (exact) mass is 500 g/mol. The quantitative estimate of drug-likeness (QED) is 0.443. The van der Waals surface area contributed by atoms with E-state index in [9.17, 15) is 13.2 Å². The third-order valence-electron chi connectivity index (χ3n) is 5.90. The van der Waals surface area contributed by atoms with Crippen LogP contribution in [0.5, 0.6) is 0 Å². The molecule has 1 aromatic heterocycles. The standard InChI is InChI=1S/C26H32N2O4S2/c1-16-14-21(15-22(17(16)2)25(29)32-7)34(30,31)27-13-12-23-18(3)33-24(28-23)19-8-10-20(11-9-19)26(4,5)6/h8-11,14-15,27H,12-13H2,1-7H3. The van der Waals surface area contributed by atoms with Crippen LogP contribution in [-0.4, -0.2) is 33.0 Å². The highest BCUT2D eigenvalue weighted by Gasteiger charge is 2.21. The van der Waals surface area contributed by atoms with E-state index in [2.05, 4.69) is 49.8 Å². The van der Waals surface area contributed by atoms with Crippen molar-refractivity contribution in [1.82, 2.24) is 9.71 Å². The summed E-state index contributed by atoms with van der Waals surface area (Å²) < 4.78 is 33.2. The van der Waals surface area contributed by atoms with Crippen molar-refractivity contribution in [3.63, 3.8) is 0 Å². The molecule has 0 fully saturated rings. The molecule has 0 bridgehead atoms. The Morgan fingerprint density at radius 3 is 2.32 bits per heavy atom. The van der Waals surface area contributed by atoms with Crippen LogP contribution in [0, 0.1) is 20.8 Å². The van der Waals surface area contributed by atoms with Gasteiger partial charge in [0.05, 0.1) is 23.3 Å². The van der Waals surface area contributed by atoms with Crippen molar-refractivity contribution >= 4 is 27.3 Å². The zero-order valence-corrected chi connectivity index (χ0v) is 22.4. The summed E-state index contributed by atoms with van der Waals surface area (Å²) in [7, 11) is -2.52. The minimum atomic E-state index is -3.79. The Labute approximate surface area is 206 Å². The van der Waals surface area contributed by atoms with Gasteiger partial charge in [-0.05, 0) is 55.0 Å². The summed E-state index contributed by atoms with van der Waals surface area (Å²) in [5.74, 6) is -0.557. The maximum atomic E-state index is 12.9. The minimum Gasteiger partial charge on any atom is -0.465 e. The molecule has 6 nitrogen and oxygen atoms in total.